The van der Waals surface area contributed by atoms with Crippen LogP contribution < -0.4 is 5.32 Å². The second-order valence-electron chi connectivity index (χ2n) is 5.47. The first kappa shape index (κ1) is 19.5. The summed E-state index contributed by atoms with van der Waals surface area (Å²) in [4.78, 5) is 24.2. The number of alkyl carbamates (subject to hydrolysis) is 1. The summed E-state index contributed by atoms with van der Waals surface area (Å²) in [6, 6.07) is 16.1. The number of ether oxygens (including phenoxy) is 2. The Balaban J connectivity index is 1.94. The zero-order chi connectivity index (χ0) is 18.8. The first-order valence-electron chi connectivity index (χ1n) is 8.07. The molecule has 0 aromatic heterocycles. The molecule has 1 N–H and O–H groups in total. The van der Waals surface area contributed by atoms with Gasteiger partial charge in [-0.2, -0.15) is 0 Å². The van der Waals surface area contributed by atoms with Gasteiger partial charge >= 0.3 is 12.1 Å². The third kappa shape index (κ3) is 6.26. The lowest BCUT2D eigenvalue weighted by molar-refractivity contribution is -0.144. The smallest absolute Gasteiger partial charge is 0.407 e. The summed E-state index contributed by atoms with van der Waals surface area (Å²) >= 11 is 5.89. The molecule has 0 spiro atoms. The summed E-state index contributed by atoms with van der Waals surface area (Å²) in [5, 5.41) is 3.16. The van der Waals surface area contributed by atoms with E-state index in [9.17, 15) is 9.59 Å². The van der Waals surface area contributed by atoms with Crippen LogP contribution in [0.15, 0.2) is 67.3 Å². The molecule has 0 aliphatic heterocycles. The number of hydrogen-bond donors (Lipinski definition) is 1. The fourth-order valence-corrected chi connectivity index (χ4v) is 2.36. The van der Waals surface area contributed by atoms with Gasteiger partial charge in [0.15, 0.2) is 0 Å². The molecule has 0 bridgehead atoms. The van der Waals surface area contributed by atoms with E-state index in [1.807, 2.05) is 30.3 Å². The number of halogens is 1. The van der Waals surface area contributed by atoms with Crippen molar-refractivity contribution in [2.24, 2.45) is 0 Å². The van der Waals surface area contributed by atoms with Crippen molar-refractivity contribution in [3.8, 4) is 0 Å². The van der Waals surface area contributed by atoms with Crippen LogP contribution in [0, 0.1) is 0 Å². The summed E-state index contributed by atoms with van der Waals surface area (Å²) in [6.45, 7) is 3.82. The summed E-state index contributed by atoms with van der Waals surface area (Å²) in [7, 11) is 0. The minimum atomic E-state index is -0.670. The highest BCUT2D eigenvalue weighted by Crippen LogP contribution is 2.20. The molecule has 0 unspecified atom stereocenters. The number of rotatable bonds is 8. The van der Waals surface area contributed by atoms with E-state index < -0.39 is 18.0 Å². The van der Waals surface area contributed by atoms with Crippen LogP contribution in [0.1, 0.15) is 17.0 Å². The van der Waals surface area contributed by atoms with E-state index in [1.54, 1.807) is 24.3 Å². The molecule has 2 rings (SSSR count). The van der Waals surface area contributed by atoms with Gasteiger partial charge in [0.05, 0.1) is 5.92 Å². The Hall–Kier alpha value is -2.79. The molecule has 2 aromatic rings. The van der Waals surface area contributed by atoms with E-state index in [0.29, 0.717) is 10.6 Å². The van der Waals surface area contributed by atoms with Gasteiger partial charge in [0, 0.05) is 11.6 Å². The molecule has 5 nitrogen and oxygen atoms in total. The molecule has 1 atom stereocenters. The maximum atomic E-state index is 12.3. The first-order chi connectivity index (χ1) is 12.6. The molecule has 136 valence electrons. The van der Waals surface area contributed by atoms with Crippen molar-refractivity contribution in [3.63, 3.8) is 0 Å². The summed E-state index contributed by atoms with van der Waals surface area (Å²) in [6.07, 6.45) is 0.877. The summed E-state index contributed by atoms with van der Waals surface area (Å²) in [5.74, 6) is -1.13. The Bertz CT molecular complexity index is 731. The van der Waals surface area contributed by atoms with Gasteiger partial charge in [0.2, 0.25) is 0 Å². The van der Waals surface area contributed by atoms with Gasteiger partial charge in [-0.05, 0) is 23.3 Å². The zero-order valence-electron chi connectivity index (χ0n) is 14.2. The van der Waals surface area contributed by atoms with Gasteiger partial charge < -0.3 is 14.8 Å². The third-order valence-corrected chi connectivity index (χ3v) is 3.82. The minimum absolute atomic E-state index is 0.0469. The molecule has 0 aliphatic carbocycles. The number of esters is 1. The maximum Gasteiger partial charge on any atom is 0.407 e. The van der Waals surface area contributed by atoms with E-state index in [4.69, 9.17) is 21.1 Å². The van der Waals surface area contributed by atoms with Crippen LogP contribution in [0.4, 0.5) is 4.79 Å². The van der Waals surface area contributed by atoms with E-state index >= 15 is 0 Å². The molecule has 26 heavy (non-hydrogen) atoms. The normalized spacial score (nSPS) is 11.3. The molecule has 0 radical (unpaired) electrons. The van der Waals surface area contributed by atoms with Crippen molar-refractivity contribution >= 4 is 23.7 Å². The lowest BCUT2D eigenvalue weighted by atomic mass is 9.99. The SMILES string of the molecule is C=CCOC(=O)[C@@H](CNC(=O)OCc1ccccc1)c1ccc(Cl)cc1. The number of amides is 1. The van der Waals surface area contributed by atoms with Crippen molar-refractivity contribution < 1.29 is 19.1 Å². The Morgan fingerprint density at radius 2 is 1.77 bits per heavy atom. The van der Waals surface area contributed by atoms with Crippen molar-refractivity contribution in [1.82, 2.24) is 5.32 Å². The Kier molecular flexibility index (Phi) is 7.71. The second-order valence-corrected chi connectivity index (χ2v) is 5.90. The molecule has 0 heterocycles. The molecule has 0 fully saturated rings. The van der Waals surface area contributed by atoms with Crippen LogP contribution in [0.3, 0.4) is 0 Å². The van der Waals surface area contributed by atoms with Crippen LogP contribution in [-0.2, 0) is 20.9 Å². The van der Waals surface area contributed by atoms with Crippen LogP contribution in [0.5, 0.6) is 0 Å². The molecule has 0 saturated carbocycles. The van der Waals surface area contributed by atoms with Gasteiger partial charge in [-0.3, -0.25) is 4.79 Å². The van der Waals surface area contributed by atoms with E-state index in [1.165, 1.54) is 6.08 Å². The Morgan fingerprint density at radius 3 is 2.42 bits per heavy atom. The fourth-order valence-electron chi connectivity index (χ4n) is 2.23. The topological polar surface area (TPSA) is 64.6 Å². The molecular formula is C20H20ClNO4. The first-order valence-corrected chi connectivity index (χ1v) is 8.45. The number of carbonyl (C=O) groups excluding carboxylic acids is 2. The number of benzene rings is 2. The fraction of sp³-hybridized carbons (Fsp3) is 0.200. The molecule has 0 aliphatic rings. The third-order valence-electron chi connectivity index (χ3n) is 3.56. The van der Waals surface area contributed by atoms with Gasteiger partial charge in [-0.15, -0.1) is 0 Å². The molecule has 1 amide bonds. The van der Waals surface area contributed by atoms with Crippen LogP contribution in [-0.4, -0.2) is 25.2 Å². The van der Waals surface area contributed by atoms with E-state index in [0.717, 1.165) is 5.56 Å². The zero-order valence-corrected chi connectivity index (χ0v) is 14.9. The summed E-state index contributed by atoms with van der Waals surface area (Å²) < 4.78 is 10.3. The van der Waals surface area contributed by atoms with Crippen LogP contribution in [0.25, 0.3) is 0 Å². The Morgan fingerprint density at radius 1 is 1.08 bits per heavy atom. The quantitative estimate of drug-likeness (QED) is 0.559. The van der Waals surface area contributed by atoms with Gasteiger partial charge in [-0.25, -0.2) is 4.79 Å². The highest BCUT2D eigenvalue weighted by molar-refractivity contribution is 6.30. The van der Waals surface area contributed by atoms with Gasteiger partial charge in [0.25, 0.3) is 0 Å². The van der Waals surface area contributed by atoms with Crippen molar-refractivity contribution in [2.75, 3.05) is 13.2 Å². The summed E-state index contributed by atoms with van der Waals surface area (Å²) in [5.41, 5.74) is 1.56. The molecular weight excluding hydrogens is 354 g/mol. The standard InChI is InChI=1S/C20H20ClNO4/c1-2-12-25-19(23)18(16-8-10-17(21)11-9-16)13-22-20(24)26-14-15-6-4-3-5-7-15/h2-11,18H,1,12-14H2,(H,22,24)/t18-/m0/s1. The monoisotopic (exact) mass is 373 g/mol. The lowest BCUT2D eigenvalue weighted by Crippen LogP contribution is -2.33. The number of hydrogen-bond acceptors (Lipinski definition) is 4. The highest BCUT2D eigenvalue weighted by Gasteiger charge is 2.23. The number of nitrogens with one attached hydrogen (secondary N) is 1. The van der Waals surface area contributed by atoms with Crippen LogP contribution in [0.2, 0.25) is 5.02 Å². The number of carbonyl (C=O) groups is 2. The van der Waals surface area contributed by atoms with Crippen molar-refractivity contribution in [1.29, 1.82) is 0 Å². The van der Waals surface area contributed by atoms with Crippen LogP contribution >= 0.6 is 11.6 Å². The largest absolute Gasteiger partial charge is 0.461 e. The second kappa shape index (κ2) is 10.3. The molecule has 0 saturated heterocycles. The minimum Gasteiger partial charge on any atom is -0.461 e. The predicted octanol–water partition coefficient (Wildman–Crippen LogP) is 4.08. The lowest BCUT2D eigenvalue weighted by Gasteiger charge is -2.17. The Labute approximate surface area is 157 Å². The average molecular weight is 374 g/mol. The molecule has 6 heteroatoms. The van der Waals surface area contributed by atoms with E-state index in [-0.39, 0.29) is 19.8 Å². The van der Waals surface area contributed by atoms with E-state index in [2.05, 4.69) is 11.9 Å². The predicted molar refractivity (Wildman–Crippen MR) is 100.0 cm³/mol. The highest BCUT2D eigenvalue weighted by atomic mass is 35.5. The van der Waals surface area contributed by atoms with Crippen molar-refractivity contribution in [2.45, 2.75) is 12.5 Å². The van der Waals surface area contributed by atoms with Crippen molar-refractivity contribution in [3.05, 3.63) is 83.4 Å². The average Bonchev–Trinajstić information content (AvgIpc) is 2.67. The maximum absolute atomic E-state index is 12.3. The van der Waals surface area contributed by atoms with Gasteiger partial charge in [0.1, 0.15) is 13.2 Å². The van der Waals surface area contributed by atoms with Gasteiger partial charge in [-0.1, -0.05) is 66.7 Å². The molecule has 2 aromatic carbocycles.